The minimum absolute atomic E-state index is 0.0276. The zero-order valence-corrected chi connectivity index (χ0v) is 11.8. The second kappa shape index (κ2) is 5.25. The van der Waals surface area contributed by atoms with Gasteiger partial charge in [0.15, 0.2) is 0 Å². The molecule has 104 valence electrons. The van der Waals surface area contributed by atoms with Gasteiger partial charge in [0.1, 0.15) is 5.75 Å². The number of hydrogen-bond acceptors (Lipinski definition) is 3. The SMILES string of the molecule is Cc1ccc(C(=O)Nc2cc(N)c(C)cc2C)c(O)c1. The zero-order valence-electron chi connectivity index (χ0n) is 11.8. The Morgan fingerprint density at radius 1 is 1.10 bits per heavy atom. The smallest absolute Gasteiger partial charge is 0.259 e. The maximum absolute atomic E-state index is 12.2. The number of nitrogens with one attached hydrogen (secondary N) is 1. The summed E-state index contributed by atoms with van der Waals surface area (Å²) in [5, 5.41) is 12.6. The van der Waals surface area contributed by atoms with E-state index in [9.17, 15) is 9.90 Å². The second-order valence-electron chi connectivity index (χ2n) is 5.00. The lowest BCUT2D eigenvalue weighted by Gasteiger charge is -2.12. The first kappa shape index (κ1) is 13.9. The quantitative estimate of drug-likeness (QED) is 0.734. The Hall–Kier alpha value is -2.49. The highest BCUT2D eigenvalue weighted by molar-refractivity contribution is 6.06. The first-order valence-electron chi connectivity index (χ1n) is 6.36. The summed E-state index contributed by atoms with van der Waals surface area (Å²) >= 11 is 0. The third kappa shape index (κ3) is 2.74. The van der Waals surface area contributed by atoms with Crippen molar-refractivity contribution >= 4 is 17.3 Å². The minimum Gasteiger partial charge on any atom is -0.507 e. The van der Waals surface area contributed by atoms with E-state index in [-0.39, 0.29) is 17.2 Å². The lowest BCUT2D eigenvalue weighted by atomic mass is 10.1. The van der Waals surface area contributed by atoms with Crippen LogP contribution < -0.4 is 11.1 Å². The summed E-state index contributed by atoms with van der Waals surface area (Å²) in [6, 6.07) is 8.59. The average Bonchev–Trinajstić information content (AvgIpc) is 2.35. The lowest BCUT2D eigenvalue weighted by Crippen LogP contribution is -2.13. The Morgan fingerprint density at radius 2 is 1.80 bits per heavy atom. The molecule has 0 heterocycles. The van der Waals surface area contributed by atoms with Crippen molar-refractivity contribution in [3.05, 3.63) is 52.6 Å². The van der Waals surface area contributed by atoms with E-state index in [2.05, 4.69) is 5.32 Å². The third-order valence-corrected chi connectivity index (χ3v) is 3.26. The molecule has 0 unspecified atom stereocenters. The maximum atomic E-state index is 12.2. The molecule has 2 aromatic rings. The number of aryl methyl sites for hydroxylation is 3. The van der Waals surface area contributed by atoms with Crippen LogP contribution in [0, 0.1) is 20.8 Å². The summed E-state index contributed by atoms with van der Waals surface area (Å²) in [7, 11) is 0. The van der Waals surface area contributed by atoms with Gasteiger partial charge in [-0.25, -0.2) is 0 Å². The first-order chi connectivity index (χ1) is 9.38. The molecule has 0 radical (unpaired) electrons. The van der Waals surface area contributed by atoms with Crippen molar-refractivity contribution in [2.24, 2.45) is 0 Å². The highest BCUT2D eigenvalue weighted by atomic mass is 16.3. The molecule has 0 aliphatic rings. The molecular weight excluding hydrogens is 252 g/mol. The van der Waals surface area contributed by atoms with Crippen molar-refractivity contribution in [1.29, 1.82) is 0 Å². The fourth-order valence-electron chi connectivity index (χ4n) is 2.03. The molecule has 1 amide bonds. The summed E-state index contributed by atoms with van der Waals surface area (Å²) in [6.45, 7) is 5.67. The number of nitrogen functional groups attached to an aromatic ring is 1. The number of phenols is 1. The van der Waals surface area contributed by atoms with E-state index in [0.717, 1.165) is 16.7 Å². The number of amides is 1. The van der Waals surface area contributed by atoms with Crippen LogP contribution in [0.4, 0.5) is 11.4 Å². The Balaban J connectivity index is 2.30. The van der Waals surface area contributed by atoms with E-state index in [1.54, 1.807) is 24.3 Å². The highest BCUT2D eigenvalue weighted by Crippen LogP contribution is 2.24. The zero-order chi connectivity index (χ0) is 14.9. The topological polar surface area (TPSA) is 75.4 Å². The van der Waals surface area contributed by atoms with Gasteiger partial charge < -0.3 is 16.2 Å². The molecule has 0 saturated carbocycles. The van der Waals surface area contributed by atoms with Crippen LogP contribution in [0.1, 0.15) is 27.0 Å². The van der Waals surface area contributed by atoms with Gasteiger partial charge in [-0.3, -0.25) is 4.79 Å². The van der Waals surface area contributed by atoms with Crippen molar-refractivity contribution in [1.82, 2.24) is 0 Å². The van der Waals surface area contributed by atoms with Gasteiger partial charge in [-0.15, -0.1) is 0 Å². The first-order valence-corrected chi connectivity index (χ1v) is 6.36. The van der Waals surface area contributed by atoms with E-state index in [1.165, 1.54) is 0 Å². The van der Waals surface area contributed by atoms with Crippen molar-refractivity contribution < 1.29 is 9.90 Å². The number of aromatic hydroxyl groups is 1. The molecule has 4 N–H and O–H groups in total. The molecule has 0 atom stereocenters. The number of hydrogen-bond donors (Lipinski definition) is 3. The molecule has 0 aliphatic carbocycles. The lowest BCUT2D eigenvalue weighted by molar-refractivity contribution is 0.102. The number of anilines is 2. The van der Waals surface area contributed by atoms with E-state index in [0.29, 0.717) is 11.4 Å². The number of nitrogens with two attached hydrogens (primary N) is 1. The Morgan fingerprint density at radius 3 is 2.45 bits per heavy atom. The normalized spacial score (nSPS) is 10.3. The average molecular weight is 270 g/mol. The number of phenolic OH excluding ortho intramolecular Hbond substituents is 1. The summed E-state index contributed by atoms with van der Waals surface area (Å²) in [4.78, 5) is 12.2. The largest absolute Gasteiger partial charge is 0.507 e. The molecule has 0 aromatic heterocycles. The van der Waals surface area contributed by atoms with Gasteiger partial charge in [0.2, 0.25) is 0 Å². The van der Waals surface area contributed by atoms with E-state index in [4.69, 9.17) is 5.73 Å². The summed E-state index contributed by atoms with van der Waals surface area (Å²) in [6.07, 6.45) is 0. The monoisotopic (exact) mass is 270 g/mol. The third-order valence-electron chi connectivity index (χ3n) is 3.26. The van der Waals surface area contributed by atoms with E-state index < -0.39 is 0 Å². The second-order valence-corrected chi connectivity index (χ2v) is 5.00. The molecule has 0 spiro atoms. The van der Waals surface area contributed by atoms with Gasteiger partial charge in [0.05, 0.1) is 5.56 Å². The van der Waals surface area contributed by atoms with Gasteiger partial charge in [0, 0.05) is 11.4 Å². The van der Waals surface area contributed by atoms with Crippen molar-refractivity contribution in [3.8, 4) is 5.75 Å². The molecule has 4 nitrogen and oxygen atoms in total. The van der Waals surface area contributed by atoms with E-state index in [1.807, 2.05) is 26.8 Å². The molecule has 0 fully saturated rings. The molecule has 4 heteroatoms. The van der Waals surface area contributed by atoms with Crippen molar-refractivity contribution in [2.75, 3.05) is 11.1 Å². The van der Waals surface area contributed by atoms with Gasteiger partial charge in [0.25, 0.3) is 5.91 Å². The van der Waals surface area contributed by atoms with Crippen molar-refractivity contribution in [2.45, 2.75) is 20.8 Å². The summed E-state index contributed by atoms with van der Waals surface area (Å²) in [5.41, 5.74) is 10.2. The number of carbonyl (C=O) groups excluding carboxylic acids is 1. The maximum Gasteiger partial charge on any atom is 0.259 e. The molecule has 20 heavy (non-hydrogen) atoms. The molecule has 2 rings (SSSR count). The van der Waals surface area contributed by atoms with Crippen LogP contribution in [0.25, 0.3) is 0 Å². The fourth-order valence-corrected chi connectivity index (χ4v) is 2.03. The number of rotatable bonds is 2. The Kier molecular flexibility index (Phi) is 3.66. The molecule has 2 aromatic carbocycles. The number of benzene rings is 2. The molecule has 0 saturated heterocycles. The van der Waals surface area contributed by atoms with Crippen LogP contribution in [0.2, 0.25) is 0 Å². The summed E-state index contributed by atoms with van der Waals surface area (Å²) < 4.78 is 0. The fraction of sp³-hybridized carbons (Fsp3) is 0.188. The molecular formula is C16H18N2O2. The van der Waals surface area contributed by atoms with Gasteiger partial charge in [-0.05, 0) is 55.7 Å². The van der Waals surface area contributed by atoms with Gasteiger partial charge >= 0.3 is 0 Å². The summed E-state index contributed by atoms with van der Waals surface area (Å²) in [5.74, 6) is -0.380. The van der Waals surface area contributed by atoms with Crippen LogP contribution in [0.5, 0.6) is 5.75 Å². The molecule has 0 aliphatic heterocycles. The Bertz CT molecular complexity index is 678. The van der Waals surface area contributed by atoms with Crippen molar-refractivity contribution in [3.63, 3.8) is 0 Å². The van der Waals surface area contributed by atoms with Gasteiger partial charge in [-0.2, -0.15) is 0 Å². The standard InChI is InChI=1S/C16H18N2O2/c1-9-4-5-12(15(19)6-9)16(20)18-14-8-13(17)10(2)7-11(14)3/h4-8,19H,17H2,1-3H3,(H,18,20). The Labute approximate surface area is 118 Å². The predicted octanol–water partition coefficient (Wildman–Crippen LogP) is 3.15. The number of carbonyl (C=O) groups is 1. The van der Waals surface area contributed by atoms with Crippen LogP contribution in [0.3, 0.4) is 0 Å². The van der Waals surface area contributed by atoms with E-state index >= 15 is 0 Å². The predicted molar refractivity (Wildman–Crippen MR) is 81.1 cm³/mol. The minimum atomic E-state index is -0.353. The van der Waals surface area contributed by atoms with Crippen LogP contribution in [-0.2, 0) is 0 Å². The van der Waals surface area contributed by atoms with Crippen LogP contribution in [-0.4, -0.2) is 11.0 Å². The van der Waals surface area contributed by atoms with Gasteiger partial charge in [-0.1, -0.05) is 12.1 Å². The van der Waals surface area contributed by atoms with Crippen LogP contribution >= 0.6 is 0 Å². The highest BCUT2D eigenvalue weighted by Gasteiger charge is 2.13. The van der Waals surface area contributed by atoms with Crippen LogP contribution in [0.15, 0.2) is 30.3 Å². The molecule has 0 bridgehead atoms.